The van der Waals surface area contributed by atoms with Crippen molar-refractivity contribution in [1.29, 1.82) is 0 Å². The molecule has 1 N–H and O–H groups in total. The smallest absolute Gasteiger partial charge is 0.331 e. The van der Waals surface area contributed by atoms with Crippen LogP contribution >= 0.6 is 11.6 Å². The number of alkyl halides is 1. The zero-order valence-corrected chi connectivity index (χ0v) is 19.8. The van der Waals surface area contributed by atoms with Crippen LogP contribution in [0.5, 0.6) is 0 Å². The molecule has 1 aliphatic rings. The summed E-state index contributed by atoms with van der Waals surface area (Å²) in [5.74, 6) is -0.698. The van der Waals surface area contributed by atoms with Crippen molar-refractivity contribution >= 4 is 23.4 Å². The Hall–Kier alpha value is -1.91. The Balaban J connectivity index is 3.38. The molecule has 166 valence electrons. The Morgan fingerprint density at radius 1 is 1.23 bits per heavy atom. The maximum Gasteiger partial charge on any atom is 0.331 e. The predicted molar refractivity (Wildman–Crippen MR) is 123 cm³/mol. The van der Waals surface area contributed by atoms with Gasteiger partial charge < -0.3 is 9.84 Å². The highest BCUT2D eigenvalue weighted by atomic mass is 35.5. The summed E-state index contributed by atoms with van der Waals surface area (Å²) in [5.41, 5.74) is 0.677. The van der Waals surface area contributed by atoms with E-state index in [0.717, 1.165) is 18.4 Å². The van der Waals surface area contributed by atoms with Gasteiger partial charge in [-0.15, -0.1) is 11.6 Å². The number of hydrogen-bond donors (Lipinski definition) is 1. The van der Waals surface area contributed by atoms with Gasteiger partial charge in [0.1, 0.15) is 5.60 Å². The molecule has 0 aromatic carbocycles. The lowest BCUT2D eigenvalue weighted by molar-refractivity contribution is -0.148. The van der Waals surface area contributed by atoms with E-state index in [4.69, 9.17) is 16.3 Å². The van der Waals surface area contributed by atoms with E-state index in [1.807, 2.05) is 12.2 Å². The largest absolute Gasteiger partial charge is 0.452 e. The molecule has 30 heavy (non-hydrogen) atoms. The maximum absolute atomic E-state index is 12.6. The summed E-state index contributed by atoms with van der Waals surface area (Å²) in [5, 5.41) is 11.0. The number of hydrogen-bond acceptors (Lipinski definition) is 4. The molecule has 0 bridgehead atoms. The molecule has 4 nitrogen and oxygen atoms in total. The molecular formula is C25H35ClO4. The average molecular weight is 435 g/mol. The van der Waals surface area contributed by atoms with Crippen molar-refractivity contribution in [2.45, 2.75) is 72.5 Å². The van der Waals surface area contributed by atoms with E-state index in [1.54, 1.807) is 19.9 Å². The van der Waals surface area contributed by atoms with Crippen molar-refractivity contribution in [3.05, 3.63) is 59.3 Å². The molecule has 0 amide bonds. The molecule has 0 aromatic rings. The van der Waals surface area contributed by atoms with Crippen LogP contribution in [0.4, 0.5) is 0 Å². The van der Waals surface area contributed by atoms with Gasteiger partial charge in [-0.2, -0.15) is 0 Å². The topological polar surface area (TPSA) is 63.6 Å². The van der Waals surface area contributed by atoms with Crippen molar-refractivity contribution in [2.75, 3.05) is 5.88 Å². The standard InChI is InChI=1S/C25H35ClO4/c1-18(2)8-7-12-24(5)13-9-20(17-26)21(27)10-15-25(6,29)22(11-14-24)30-23(28)16-19(3)4/h8-11,14-16,22,29H,7,12-13,17H2,1-6H3/b14-11?,15-10+,20-9-/t22-,24+,25-/m1/s1. The van der Waals surface area contributed by atoms with Crippen LogP contribution in [0.25, 0.3) is 0 Å². The van der Waals surface area contributed by atoms with E-state index < -0.39 is 17.7 Å². The van der Waals surface area contributed by atoms with Gasteiger partial charge in [0.2, 0.25) is 0 Å². The second-order valence-electron chi connectivity index (χ2n) is 8.90. The maximum atomic E-state index is 12.6. The van der Waals surface area contributed by atoms with Crippen molar-refractivity contribution in [3.8, 4) is 0 Å². The summed E-state index contributed by atoms with van der Waals surface area (Å²) in [4.78, 5) is 24.8. The molecule has 1 aliphatic carbocycles. The first-order valence-electron chi connectivity index (χ1n) is 10.3. The first-order chi connectivity index (χ1) is 13.9. The number of carbonyl (C=O) groups excluding carboxylic acids is 2. The normalized spacial score (nSPS) is 29.8. The molecule has 0 aromatic heterocycles. The second kappa shape index (κ2) is 11.5. The average Bonchev–Trinajstić information content (AvgIpc) is 2.63. The first-order valence-corrected chi connectivity index (χ1v) is 10.8. The van der Waals surface area contributed by atoms with E-state index in [9.17, 15) is 14.7 Å². The summed E-state index contributed by atoms with van der Waals surface area (Å²) in [6, 6.07) is 0. The van der Waals surface area contributed by atoms with E-state index in [0.29, 0.717) is 12.0 Å². The lowest BCUT2D eigenvalue weighted by atomic mass is 9.80. The minimum Gasteiger partial charge on any atom is -0.452 e. The lowest BCUT2D eigenvalue weighted by Crippen LogP contribution is -2.39. The fraction of sp³-hybridized carbons (Fsp3) is 0.520. The molecule has 0 radical (unpaired) electrons. The van der Waals surface area contributed by atoms with Gasteiger partial charge in [-0.25, -0.2) is 4.79 Å². The number of halogens is 1. The van der Waals surface area contributed by atoms with Gasteiger partial charge in [0.25, 0.3) is 0 Å². The van der Waals surface area contributed by atoms with Crippen LogP contribution in [-0.4, -0.2) is 34.4 Å². The summed E-state index contributed by atoms with van der Waals surface area (Å²) >= 11 is 6.00. The first kappa shape index (κ1) is 26.1. The van der Waals surface area contributed by atoms with Crippen LogP contribution in [0.2, 0.25) is 0 Å². The van der Waals surface area contributed by atoms with Gasteiger partial charge in [-0.1, -0.05) is 36.3 Å². The molecular weight excluding hydrogens is 400 g/mol. The van der Waals surface area contributed by atoms with Crippen molar-refractivity contribution in [2.24, 2.45) is 5.41 Å². The summed E-state index contributed by atoms with van der Waals surface area (Å²) in [6.07, 6.45) is 13.2. The molecule has 0 saturated heterocycles. The third-order valence-electron chi connectivity index (χ3n) is 5.01. The van der Waals surface area contributed by atoms with E-state index in [-0.39, 0.29) is 17.1 Å². The SMILES string of the molecule is CC(C)=CCC[C@]1(C)C=C[C@@H](OC(=O)C=C(C)C)[C@](C)(O)/C=C/C(=O)/C(CCl)=C\C1. The minimum absolute atomic E-state index is 0.0953. The lowest BCUT2D eigenvalue weighted by Gasteiger charge is -2.29. The number of carbonyl (C=O) groups is 2. The molecule has 5 heteroatoms. The van der Waals surface area contributed by atoms with E-state index in [1.165, 1.54) is 30.7 Å². The van der Waals surface area contributed by atoms with Gasteiger partial charge in [0, 0.05) is 11.6 Å². The monoisotopic (exact) mass is 434 g/mol. The summed E-state index contributed by atoms with van der Waals surface area (Å²) < 4.78 is 5.54. The third-order valence-corrected chi connectivity index (χ3v) is 5.30. The Bertz CT molecular complexity index is 775. The molecule has 1 rings (SSSR count). The Labute approximate surface area is 186 Å². The highest BCUT2D eigenvalue weighted by Crippen LogP contribution is 2.33. The van der Waals surface area contributed by atoms with Crippen molar-refractivity contribution < 1.29 is 19.4 Å². The number of ketones is 1. The van der Waals surface area contributed by atoms with Gasteiger partial charge in [-0.05, 0) is 77.5 Å². The third kappa shape index (κ3) is 8.85. The highest BCUT2D eigenvalue weighted by molar-refractivity contribution is 6.24. The fourth-order valence-corrected chi connectivity index (χ4v) is 3.28. The molecule has 0 saturated carbocycles. The van der Waals surface area contributed by atoms with E-state index in [2.05, 4.69) is 26.8 Å². The van der Waals surface area contributed by atoms with Crippen molar-refractivity contribution in [1.82, 2.24) is 0 Å². The molecule has 0 fully saturated rings. The molecule has 0 aliphatic heterocycles. The Morgan fingerprint density at radius 2 is 1.90 bits per heavy atom. The second-order valence-corrected chi connectivity index (χ2v) is 9.17. The molecule has 3 atom stereocenters. The van der Waals surface area contributed by atoms with Gasteiger partial charge in [0.15, 0.2) is 11.9 Å². The zero-order valence-electron chi connectivity index (χ0n) is 19.0. The van der Waals surface area contributed by atoms with Gasteiger partial charge >= 0.3 is 5.97 Å². The van der Waals surface area contributed by atoms with Crippen LogP contribution in [0.15, 0.2) is 59.3 Å². The number of aliphatic hydroxyl groups is 1. The van der Waals surface area contributed by atoms with Gasteiger partial charge in [0.05, 0.1) is 5.88 Å². The highest BCUT2D eigenvalue weighted by Gasteiger charge is 2.32. The Kier molecular flexibility index (Phi) is 9.99. The number of rotatable bonds is 6. The number of ether oxygens (including phenoxy) is 1. The molecule has 0 heterocycles. The van der Waals surface area contributed by atoms with Crippen LogP contribution in [0.3, 0.4) is 0 Å². The Morgan fingerprint density at radius 3 is 2.47 bits per heavy atom. The summed E-state index contributed by atoms with van der Waals surface area (Å²) in [7, 11) is 0. The zero-order chi connectivity index (χ0) is 22.9. The minimum atomic E-state index is -1.56. The number of allylic oxidation sites excluding steroid dienone is 7. The van der Waals surface area contributed by atoms with Crippen LogP contribution in [0.1, 0.15) is 60.8 Å². The fourth-order valence-electron chi connectivity index (χ4n) is 3.04. The molecule has 0 spiro atoms. The predicted octanol–water partition coefficient (Wildman–Crippen LogP) is 5.62. The van der Waals surface area contributed by atoms with Crippen LogP contribution in [0, 0.1) is 5.41 Å². The van der Waals surface area contributed by atoms with E-state index >= 15 is 0 Å². The quantitative estimate of drug-likeness (QED) is 0.255. The van der Waals surface area contributed by atoms with Gasteiger partial charge in [-0.3, -0.25) is 4.79 Å². The van der Waals surface area contributed by atoms with Crippen molar-refractivity contribution in [3.63, 3.8) is 0 Å². The molecule has 0 unspecified atom stereocenters. The number of esters is 1. The van der Waals surface area contributed by atoms with Crippen LogP contribution < -0.4 is 0 Å². The van der Waals surface area contributed by atoms with Crippen LogP contribution in [-0.2, 0) is 14.3 Å². The summed E-state index contributed by atoms with van der Waals surface area (Å²) in [6.45, 7) is 11.3.